The Bertz CT molecular complexity index is 627. The van der Waals surface area contributed by atoms with Crippen LogP contribution in [0, 0.1) is 0 Å². The quantitative estimate of drug-likeness (QED) is 0.900. The maximum atomic E-state index is 12.1. The molecule has 3 nitrogen and oxygen atoms in total. The van der Waals surface area contributed by atoms with Crippen molar-refractivity contribution in [3.63, 3.8) is 0 Å². The summed E-state index contributed by atoms with van der Waals surface area (Å²) in [6.45, 7) is 1.01. The second-order valence-corrected chi connectivity index (χ2v) is 5.40. The van der Waals surface area contributed by atoms with Gasteiger partial charge < -0.3 is 10.1 Å². The van der Waals surface area contributed by atoms with Crippen LogP contribution in [0.1, 0.15) is 21.5 Å². The van der Waals surface area contributed by atoms with Gasteiger partial charge >= 0.3 is 0 Å². The number of halogens is 2. The topological polar surface area (TPSA) is 38.3 Å². The van der Waals surface area contributed by atoms with Crippen LogP contribution in [0.4, 0.5) is 0 Å². The third-order valence-electron chi connectivity index (χ3n) is 2.96. The highest BCUT2D eigenvalue weighted by atomic mass is 35.5. The summed E-state index contributed by atoms with van der Waals surface area (Å²) < 4.78 is 5.05. The van der Waals surface area contributed by atoms with Gasteiger partial charge in [-0.25, -0.2) is 0 Å². The Morgan fingerprint density at radius 1 is 1.10 bits per heavy atom. The molecule has 0 fully saturated rings. The van der Waals surface area contributed by atoms with E-state index in [1.165, 1.54) is 0 Å². The van der Waals surface area contributed by atoms with Crippen LogP contribution in [0.15, 0.2) is 42.5 Å². The summed E-state index contributed by atoms with van der Waals surface area (Å²) in [4.78, 5) is 12.1. The highest BCUT2D eigenvalue weighted by molar-refractivity contribution is 6.36. The first-order chi connectivity index (χ1) is 10.1. The van der Waals surface area contributed by atoms with E-state index in [0.717, 1.165) is 11.1 Å². The Balaban J connectivity index is 1.97. The molecule has 110 valence electrons. The fourth-order valence-corrected chi connectivity index (χ4v) is 2.37. The number of methoxy groups -OCH3 is 1. The molecule has 0 saturated heterocycles. The molecule has 0 saturated carbocycles. The zero-order valence-electron chi connectivity index (χ0n) is 11.5. The minimum Gasteiger partial charge on any atom is -0.380 e. The number of rotatable bonds is 5. The molecular formula is C16H15Cl2NO2. The molecule has 1 N–H and O–H groups in total. The molecule has 0 atom stereocenters. The summed E-state index contributed by atoms with van der Waals surface area (Å²) in [5.74, 6) is -0.224. The molecule has 0 radical (unpaired) electrons. The molecule has 0 aliphatic heterocycles. The molecule has 0 spiro atoms. The lowest BCUT2D eigenvalue weighted by Gasteiger charge is -2.08. The van der Waals surface area contributed by atoms with Crippen LogP contribution in [-0.4, -0.2) is 13.0 Å². The van der Waals surface area contributed by atoms with Gasteiger partial charge in [0.15, 0.2) is 0 Å². The molecule has 0 aliphatic rings. The second kappa shape index (κ2) is 7.46. The molecule has 1 amide bonds. The summed E-state index contributed by atoms with van der Waals surface area (Å²) in [5, 5.41) is 3.68. The zero-order valence-corrected chi connectivity index (χ0v) is 13.0. The Kier molecular flexibility index (Phi) is 5.62. The molecule has 5 heteroatoms. The van der Waals surface area contributed by atoms with Crippen LogP contribution in [0.25, 0.3) is 0 Å². The highest BCUT2D eigenvalue weighted by Gasteiger charge is 2.10. The van der Waals surface area contributed by atoms with Gasteiger partial charge in [-0.3, -0.25) is 4.79 Å². The first kappa shape index (κ1) is 15.8. The second-order valence-electron chi connectivity index (χ2n) is 4.56. The average Bonchev–Trinajstić information content (AvgIpc) is 2.46. The standard InChI is InChI=1S/C16H15Cl2NO2/c1-21-10-12-4-2-11(3-5-12)9-19-16(20)14-7-6-13(17)8-15(14)18/h2-8H,9-10H2,1H3,(H,19,20). The Labute approximate surface area is 133 Å². The summed E-state index contributed by atoms with van der Waals surface area (Å²) >= 11 is 11.8. The Hall–Kier alpha value is -1.55. The number of amides is 1. The number of carbonyl (C=O) groups excluding carboxylic acids is 1. The maximum Gasteiger partial charge on any atom is 0.253 e. The minimum atomic E-state index is -0.224. The number of nitrogens with one attached hydrogen (secondary N) is 1. The highest BCUT2D eigenvalue weighted by Crippen LogP contribution is 2.20. The van der Waals surface area contributed by atoms with E-state index in [0.29, 0.717) is 28.8 Å². The van der Waals surface area contributed by atoms with Crippen molar-refractivity contribution in [3.05, 3.63) is 69.2 Å². The molecule has 2 rings (SSSR count). The number of carbonyl (C=O) groups is 1. The molecule has 0 aromatic heterocycles. The minimum absolute atomic E-state index is 0.224. The largest absolute Gasteiger partial charge is 0.380 e. The molecule has 0 unspecified atom stereocenters. The van der Waals surface area contributed by atoms with Crippen molar-refractivity contribution in [2.45, 2.75) is 13.2 Å². The van der Waals surface area contributed by atoms with E-state index in [-0.39, 0.29) is 5.91 Å². The van der Waals surface area contributed by atoms with E-state index in [2.05, 4.69) is 5.32 Å². The molecule has 2 aromatic carbocycles. The third-order valence-corrected chi connectivity index (χ3v) is 3.51. The van der Waals surface area contributed by atoms with Crippen LogP contribution >= 0.6 is 23.2 Å². The lowest BCUT2D eigenvalue weighted by Crippen LogP contribution is -2.23. The predicted molar refractivity (Wildman–Crippen MR) is 84.8 cm³/mol. The molecule has 0 aliphatic carbocycles. The smallest absolute Gasteiger partial charge is 0.253 e. The average molecular weight is 324 g/mol. The monoisotopic (exact) mass is 323 g/mol. The number of ether oxygens (including phenoxy) is 1. The number of benzene rings is 2. The van der Waals surface area contributed by atoms with Gasteiger partial charge in [0.25, 0.3) is 5.91 Å². The van der Waals surface area contributed by atoms with Gasteiger partial charge in [0.05, 0.1) is 17.2 Å². The van der Waals surface area contributed by atoms with E-state index in [1.807, 2.05) is 24.3 Å². The van der Waals surface area contributed by atoms with Crippen LogP contribution < -0.4 is 5.32 Å². The van der Waals surface area contributed by atoms with Gasteiger partial charge in [-0.2, -0.15) is 0 Å². The van der Waals surface area contributed by atoms with Crippen molar-refractivity contribution < 1.29 is 9.53 Å². The van der Waals surface area contributed by atoms with Crippen molar-refractivity contribution in [3.8, 4) is 0 Å². The van der Waals surface area contributed by atoms with Gasteiger partial charge in [-0.15, -0.1) is 0 Å². The van der Waals surface area contributed by atoms with E-state index in [4.69, 9.17) is 27.9 Å². The lowest BCUT2D eigenvalue weighted by atomic mass is 10.1. The van der Waals surface area contributed by atoms with Crippen molar-refractivity contribution in [1.82, 2.24) is 5.32 Å². The fraction of sp³-hybridized carbons (Fsp3) is 0.188. The van der Waals surface area contributed by atoms with E-state index < -0.39 is 0 Å². The lowest BCUT2D eigenvalue weighted by molar-refractivity contribution is 0.0951. The van der Waals surface area contributed by atoms with Gasteiger partial charge in [0, 0.05) is 18.7 Å². The third kappa shape index (κ3) is 4.46. The number of hydrogen-bond donors (Lipinski definition) is 1. The van der Waals surface area contributed by atoms with Gasteiger partial charge in [0.2, 0.25) is 0 Å². The van der Waals surface area contributed by atoms with E-state index >= 15 is 0 Å². The maximum absolute atomic E-state index is 12.1. The summed E-state index contributed by atoms with van der Waals surface area (Å²) in [6, 6.07) is 12.7. The molecule has 0 bridgehead atoms. The van der Waals surface area contributed by atoms with Gasteiger partial charge in [-0.1, -0.05) is 47.5 Å². The SMILES string of the molecule is COCc1ccc(CNC(=O)c2ccc(Cl)cc2Cl)cc1. The normalized spacial score (nSPS) is 10.4. The molecule has 2 aromatic rings. The van der Waals surface area contributed by atoms with Gasteiger partial charge in [0.1, 0.15) is 0 Å². The summed E-state index contributed by atoms with van der Waals surface area (Å²) in [5.41, 5.74) is 2.51. The first-order valence-corrected chi connectivity index (χ1v) is 7.16. The summed E-state index contributed by atoms with van der Waals surface area (Å²) in [6.07, 6.45) is 0. The Morgan fingerprint density at radius 2 is 1.76 bits per heavy atom. The van der Waals surface area contributed by atoms with E-state index in [1.54, 1.807) is 25.3 Å². The molecule has 0 heterocycles. The molecule has 21 heavy (non-hydrogen) atoms. The molecular weight excluding hydrogens is 309 g/mol. The zero-order chi connectivity index (χ0) is 15.2. The van der Waals surface area contributed by atoms with Crippen LogP contribution in [0.5, 0.6) is 0 Å². The van der Waals surface area contributed by atoms with E-state index in [9.17, 15) is 4.79 Å². The fourth-order valence-electron chi connectivity index (χ4n) is 1.87. The van der Waals surface area contributed by atoms with Gasteiger partial charge in [-0.05, 0) is 29.3 Å². The van der Waals surface area contributed by atoms with Crippen molar-refractivity contribution in [2.24, 2.45) is 0 Å². The van der Waals surface area contributed by atoms with Crippen molar-refractivity contribution >= 4 is 29.1 Å². The Morgan fingerprint density at radius 3 is 2.38 bits per heavy atom. The predicted octanol–water partition coefficient (Wildman–Crippen LogP) is 4.07. The van der Waals surface area contributed by atoms with Crippen LogP contribution in [-0.2, 0) is 17.9 Å². The first-order valence-electron chi connectivity index (χ1n) is 6.40. The van der Waals surface area contributed by atoms with Crippen LogP contribution in [0.2, 0.25) is 10.0 Å². The van der Waals surface area contributed by atoms with Crippen molar-refractivity contribution in [2.75, 3.05) is 7.11 Å². The summed E-state index contributed by atoms with van der Waals surface area (Å²) in [7, 11) is 1.66. The van der Waals surface area contributed by atoms with Crippen LogP contribution in [0.3, 0.4) is 0 Å². The van der Waals surface area contributed by atoms with Crippen molar-refractivity contribution in [1.29, 1.82) is 0 Å². The number of hydrogen-bond acceptors (Lipinski definition) is 2.